The minimum Gasteiger partial charge on any atom is -0.310 e. The molecule has 0 saturated heterocycles. The van der Waals surface area contributed by atoms with E-state index in [1.54, 1.807) is 11.8 Å². The first kappa shape index (κ1) is 16.8. The molecule has 0 unspecified atom stereocenters. The first-order valence-electron chi connectivity index (χ1n) is 7.07. The van der Waals surface area contributed by atoms with Crippen LogP contribution in [0.25, 0.3) is 0 Å². The quantitative estimate of drug-likeness (QED) is 0.670. The van der Waals surface area contributed by atoms with Gasteiger partial charge in [0.1, 0.15) is 0 Å². The molecule has 120 valence electrons. The van der Waals surface area contributed by atoms with Crippen molar-refractivity contribution in [2.75, 3.05) is 12.8 Å². The van der Waals surface area contributed by atoms with Crippen LogP contribution in [-0.2, 0) is 16.6 Å². The second-order valence-electron chi connectivity index (χ2n) is 6.08. The SMILES string of the molecule is CSC(C)(C)CNS(=O)(=O)c1n[nH]c(C)c1CNC1CC1. The van der Waals surface area contributed by atoms with Gasteiger partial charge in [-0.2, -0.15) is 16.9 Å². The van der Waals surface area contributed by atoms with Crippen LogP contribution in [0.3, 0.4) is 0 Å². The lowest BCUT2D eigenvalue weighted by Crippen LogP contribution is -2.36. The molecule has 0 aromatic carbocycles. The first-order chi connectivity index (χ1) is 9.75. The molecule has 6 nitrogen and oxygen atoms in total. The van der Waals surface area contributed by atoms with Crippen LogP contribution in [0.15, 0.2) is 5.03 Å². The molecule has 1 aromatic rings. The Morgan fingerprint density at radius 2 is 2.10 bits per heavy atom. The number of aromatic amines is 1. The molecule has 1 aliphatic carbocycles. The van der Waals surface area contributed by atoms with Crippen LogP contribution in [0.5, 0.6) is 0 Å². The van der Waals surface area contributed by atoms with Gasteiger partial charge in [-0.25, -0.2) is 13.1 Å². The van der Waals surface area contributed by atoms with Crippen molar-refractivity contribution < 1.29 is 8.42 Å². The molecule has 0 atom stereocenters. The summed E-state index contributed by atoms with van der Waals surface area (Å²) in [7, 11) is -3.59. The van der Waals surface area contributed by atoms with E-state index in [-0.39, 0.29) is 9.77 Å². The van der Waals surface area contributed by atoms with E-state index >= 15 is 0 Å². The maximum absolute atomic E-state index is 12.5. The van der Waals surface area contributed by atoms with Crippen LogP contribution in [0, 0.1) is 6.92 Å². The molecule has 1 fully saturated rings. The monoisotopic (exact) mass is 332 g/mol. The van der Waals surface area contributed by atoms with Crippen molar-refractivity contribution in [2.24, 2.45) is 0 Å². The summed E-state index contributed by atoms with van der Waals surface area (Å²) >= 11 is 1.63. The molecular formula is C13H24N4O2S2. The Morgan fingerprint density at radius 3 is 2.67 bits per heavy atom. The Bertz CT molecular complexity index is 591. The van der Waals surface area contributed by atoms with Crippen molar-refractivity contribution in [1.29, 1.82) is 0 Å². The molecule has 2 rings (SSSR count). The molecule has 1 aromatic heterocycles. The summed E-state index contributed by atoms with van der Waals surface area (Å²) in [6.45, 7) is 6.77. The topological polar surface area (TPSA) is 86.9 Å². The van der Waals surface area contributed by atoms with Crippen molar-refractivity contribution in [3.63, 3.8) is 0 Å². The van der Waals surface area contributed by atoms with Crippen molar-refractivity contribution in [3.05, 3.63) is 11.3 Å². The standard InChI is InChI=1S/C13H24N4O2S2/c1-9-11(7-14-10-5-6-10)12(17-16-9)21(18,19)15-8-13(2,3)20-4/h10,14-15H,5-8H2,1-4H3,(H,16,17). The Morgan fingerprint density at radius 1 is 1.43 bits per heavy atom. The van der Waals surface area contributed by atoms with E-state index in [2.05, 4.69) is 20.2 Å². The maximum Gasteiger partial charge on any atom is 0.260 e. The van der Waals surface area contributed by atoms with Crippen molar-refractivity contribution in [1.82, 2.24) is 20.2 Å². The van der Waals surface area contributed by atoms with Crippen LogP contribution in [0.4, 0.5) is 0 Å². The van der Waals surface area contributed by atoms with Crippen molar-refractivity contribution in [2.45, 2.75) is 56.0 Å². The van der Waals surface area contributed by atoms with E-state index in [1.807, 2.05) is 27.0 Å². The molecule has 21 heavy (non-hydrogen) atoms. The van der Waals surface area contributed by atoms with Crippen LogP contribution in [-0.4, -0.2) is 42.2 Å². The summed E-state index contributed by atoms with van der Waals surface area (Å²) in [6.07, 6.45) is 4.30. The summed E-state index contributed by atoms with van der Waals surface area (Å²) in [4.78, 5) is 0. The number of aryl methyl sites for hydroxylation is 1. The van der Waals surface area contributed by atoms with Gasteiger partial charge in [-0.1, -0.05) is 0 Å². The Balaban J connectivity index is 2.11. The fourth-order valence-corrected chi connectivity index (χ4v) is 3.51. The third kappa shape index (κ3) is 4.45. The lowest BCUT2D eigenvalue weighted by molar-refractivity contribution is 0.563. The lowest BCUT2D eigenvalue weighted by atomic mass is 10.2. The average Bonchev–Trinajstić information content (AvgIpc) is 3.17. The van der Waals surface area contributed by atoms with Gasteiger partial charge in [0.25, 0.3) is 10.0 Å². The minimum absolute atomic E-state index is 0.116. The zero-order chi connectivity index (χ0) is 15.7. The average molecular weight is 332 g/mol. The number of aromatic nitrogens is 2. The number of thioether (sulfide) groups is 1. The van der Waals surface area contributed by atoms with E-state index in [9.17, 15) is 8.42 Å². The molecular weight excluding hydrogens is 308 g/mol. The van der Waals surface area contributed by atoms with Crippen molar-refractivity contribution in [3.8, 4) is 0 Å². The van der Waals surface area contributed by atoms with E-state index in [4.69, 9.17) is 0 Å². The zero-order valence-corrected chi connectivity index (χ0v) is 14.6. The summed E-state index contributed by atoms with van der Waals surface area (Å²) in [6, 6.07) is 0.526. The third-order valence-corrected chi connectivity index (χ3v) is 6.30. The minimum atomic E-state index is -3.59. The Labute approximate surface area is 130 Å². The molecule has 0 radical (unpaired) electrons. The largest absolute Gasteiger partial charge is 0.310 e. The number of rotatable bonds is 8. The number of sulfonamides is 1. The summed E-state index contributed by atoms with van der Waals surface area (Å²) in [5.74, 6) is 0. The van der Waals surface area contributed by atoms with Gasteiger partial charge in [0, 0.05) is 35.1 Å². The highest BCUT2D eigenvalue weighted by Crippen LogP contribution is 2.23. The highest BCUT2D eigenvalue weighted by molar-refractivity contribution is 8.00. The van der Waals surface area contributed by atoms with E-state index in [1.165, 1.54) is 12.8 Å². The van der Waals surface area contributed by atoms with Crippen LogP contribution >= 0.6 is 11.8 Å². The summed E-state index contributed by atoms with van der Waals surface area (Å²) in [5, 5.41) is 10.2. The summed E-state index contributed by atoms with van der Waals surface area (Å²) in [5.41, 5.74) is 1.53. The van der Waals surface area contributed by atoms with E-state index in [0.717, 1.165) is 11.3 Å². The maximum atomic E-state index is 12.5. The highest BCUT2D eigenvalue weighted by atomic mass is 32.2. The first-order valence-corrected chi connectivity index (χ1v) is 9.78. The summed E-state index contributed by atoms with van der Waals surface area (Å²) < 4.78 is 27.4. The van der Waals surface area contributed by atoms with E-state index < -0.39 is 10.0 Å². The van der Waals surface area contributed by atoms with Crippen molar-refractivity contribution >= 4 is 21.8 Å². The van der Waals surface area contributed by atoms with Gasteiger partial charge < -0.3 is 5.32 Å². The number of hydrogen-bond acceptors (Lipinski definition) is 5. The van der Waals surface area contributed by atoms with Gasteiger partial charge in [-0.15, -0.1) is 0 Å². The molecule has 0 spiro atoms. The number of hydrogen-bond donors (Lipinski definition) is 3. The lowest BCUT2D eigenvalue weighted by Gasteiger charge is -2.22. The number of nitrogens with one attached hydrogen (secondary N) is 3. The van der Waals surface area contributed by atoms with Gasteiger partial charge >= 0.3 is 0 Å². The second kappa shape index (κ2) is 6.28. The predicted octanol–water partition coefficient (Wildman–Crippen LogP) is 1.39. The second-order valence-corrected chi connectivity index (χ2v) is 9.27. The van der Waals surface area contributed by atoms with Gasteiger partial charge in [-0.05, 0) is 39.9 Å². The number of nitrogens with zero attached hydrogens (tertiary/aromatic N) is 1. The normalized spacial score (nSPS) is 16.4. The highest BCUT2D eigenvalue weighted by Gasteiger charge is 2.28. The van der Waals surface area contributed by atoms with E-state index in [0.29, 0.717) is 19.1 Å². The fraction of sp³-hybridized carbons (Fsp3) is 0.769. The zero-order valence-electron chi connectivity index (χ0n) is 13.0. The van der Waals surface area contributed by atoms with Crippen LogP contribution in [0.2, 0.25) is 0 Å². The fourth-order valence-electron chi connectivity index (χ4n) is 1.80. The molecule has 0 amide bonds. The Kier molecular flexibility index (Phi) is 5.02. The van der Waals surface area contributed by atoms with Gasteiger partial charge in [0.05, 0.1) is 0 Å². The number of H-pyrrole nitrogens is 1. The molecule has 1 heterocycles. The van der Waals surface area contributed by atoms with Crippen LogP contribution < -0.4 is 10.0 Å². The molecule has 1 saturated carbocycles. The van der Waals surface area contributed by atoms with Gasteiger partial charge in [0.15, 0.2) is 5.03 Å². The van der Waals surface area contributed by atoms with Gasteiger partial charge in [0.2, 0.25) is 0 Å². The third-order valence-electron chi connectivity index (χ3n) is 3.68. The van der Waals surface area contributed by atoms with Crippen LogP contribution in [0.1, 0.15) is 37.9 Å². The molecule has 0 aliphatic heterocycles. The molecule has 8 heteroatoms. The molecule has 0 bridgehead atoms. The molecule has 3 N–H and O–H groups in total. The Hall–Kier alpha value is -0.570. The molecule has 1 aliphatic rings. The smallest absolute Gasteiger partial charge is 0.260 e. The van der Waals surface area contributed by atoms with Gasteiger partial charge in [-0.3, -0.25) is 5.10 Å². The predicted molar refractivity (Wildman–Crippen MR) is 86.0 cm³/mol.